The average Bonchev–Trinajstić information content (AvgIpc) is 3.66. The van der Waals surface area contributed by atoms with Crippen molar-refractivity contribution in [2.45, 2.75) is 37.3 Å². The molecule has 0 amide bonds. The Labute approximate surface area is 273 Å². The first-order valence-corrected chi connectivity index (χ1v) is 15.4. The number of terminal acetylenes is 1. The van der Waals surface area contributed by atoms with Crippen molar-refractivity contribution in [3.8, 4) is 35.2 Å². The van der Waals surface area contributed by atoms with Crippen LogP contribution < -0.4 is 9.47 Å². The minimum absolute atomic E-state index is 0.0272. The topological polar surface area (TPSA) is 117 Å². The molecule has 7 rings (SSSR count). The number of nitro benzene ring substituents is 1. The van der Waals surface area contributed by atoms with E-state index in [1.165, 1.54) is 36.5 Å². The Morgan fingerprint density at radius 3 is 2.67 bits per heavy atom. The van der Waals surface area contributed by atoms with Crippen LogP contribution in [0.2, 0.25) is 0 Å². The van der Waals surface area contributed by atoms with E-state index in [0.717, 1.165) is 32.2 Å². The Balaban J connectivity index is 1.05. The number of nitro groups is 1. The van der Waals surface area contributed by atoms with Crippen LogP contribution in [-0.2, 0) is 4.74 Å². The Hall–Kier alpha value is -5.67. The summed E-state index contributed by atoms with van der Waals surface area (Å²) < 4.78 is 47.5. The van der Waals surface area contributed by atoms with Gasteiger partial charge in [0, 0.05) is 40.7 Å². The van der Waals surface area contributed by atoms with Crippen LogP contribution in [-0.4, -0.2) is 57.3 Å². The van der Waals surface area contributed by atoms with E-state index in [1.807, 2.05) is 0 Å². The highest BCUT2D eigenvalue weighted by Gasteiger charge is 2.50. The van der Waals surface area contributed by atoms with Gasteiger partial charge in [-0.25, -0.2) is 18.6 Å². The van der Waals surface area contributed by atoms with Gasteiger partial charge in [-0.1, -0.05) is 42.3 Å². The SMILES string of the molecule is C#Cc1c(F)ccc2cccc(-c3ccc4cnc(OC[C@@]56CCCN5[C@H](COC(=O)Oc5ccc([N+](=O)[O-])cc5)CC6)nc4c3F)c12. The molecule has 2 aliphatic heterocycles. The molecular weight excluding hydrogens is 622 g/mol. The Bertz CT molecular complexity index is 2120. The van der Waals surface area contributed by atoms with Crippen LogP contribution in [0.15, 0.2) is 72.9 Å². The number of hydrogen-bond donors (Lipinski definition) is 0. The van der Waals surface area contributed by atoms with Gasteiger partial charge < -0.3 is 14.2 Å². The third kappa shape index (κ3) is 5.62. The molecule has 10 nitrogen and oxygen atoms in total. The molecule has 4 aromatic carbocycles. The van der Waals surface area contributed by atoms with E-state index < -0.39 is 22.7 Å². The van der Waals surface area contributed by atoms with E-state index in [1.54, 1.807) is 36.4 Å². The van der Waals surface area contributed by atoms with Gasteiger partial charge in [-0.05, 0) is 61.4 Å². The number of rotatable bonds is 8. The molecular formula is C36H28F2N4O6. The molecule has 0 saturated carbocycles. The first-order chi connectivity index (χ1) is 23.3. The van der Waals surface area contributed by atoms with E-state index in [4.69, 9.17) is 20.6 Å². The number of halogens is 2. The maximum atomic E-state index is 16.2. The van der Waals surface area contributed by atoms with Gasteiger partial charge in [0.05, 0.1) is 16.0 Å². The summed E-state index contributed by atoms with van der Waals surface area (Å²) in [4.78, 5) is 33.7. The number of benzene rings is 4. The Morgan fingerprint density at radius 2 is 1.88 bits per heavy atom. The predicted molar refractivity (Wildman–Crippen MR) is 173 cm³/mol. The predicted octanol–water partition coefficient (Wildman–Crippen LogP) is 7.21. The van der Waals surface area contributed by atoms with Gasteiger partial charge in [0.15, 0.2) is 5.82 Å². The molecule has 48 heavy (non-hydrogen) atoms. The zero-order valence-electron chi connectivity index (χ0n) is 25.5. The third-order valence-corrected chi connectivity index (χ3v) is 9.24. The highest BCUT2D eigenvalue weighted by molar-refractivity contribution is 6.02. The largest absolute Gasteiger partial charge is 0.513 e. The molecule has 3 heterocycles. The van der Waals surface area contributed by atoms with Crippen LogP contribution in [0, 0.1) is 34.1 Å². The van der Waals surface area contributed by atoms with Gasteiger partial charge in [0.1, 0.15) is 30.3 Å². The van der Waals surface area contributed by atoms with Gasteiger partial charge in [-0.15, -0.1) is 6.42 Å². The first kappa shape index (κ1) is 31.0. The number of carbonyl (C=O) groups is 1. The van der Waals surface area contributed by atoms with Crippen molar-refractivity contribution in [3.63, 3.8) is 0 Å². The van der Waals surface area contributed by atoms with Gasteiger partial charge >= 0.3 is 12.2 Å². The van der Waals surface area contributed by atoms with Crippen molar-refractivity contribution in [2.24, 2.45) is 0 Å². The van der Waals surface area contributed by atoms with Gasteiger partial charge in [0.2, 0.25) is 0 Å². The van der Waals surface area contributed by atoms with Crippen LogP contribution in [0.1, 0.15) is 31.2 Å². The quantitative estimate of drug-likeness (QED) is 0.0565. The Kier molecular flexibility index (Phi) is 8.06. The molecule has 0 spiro atoms. The summed E-state index contributed by atoms with van der Waals surface area (Å²) in [6, 6.07) is 16.6. The van der Waals surface area contributed by atoms with E-state index in [2.05, 4.69) is 20.8 Å². The normalized spacial score (nSPS) is 18.8. The number of ether oxygens (including phenoxy) is 3. The molecule has 0 radical (unpaired) electrons. The standard InChI is InChI=1S/C36H28F2N4O6/c1-2-27-30(37)14-8-22-5-3-6-28(31(22)27)29-13-7-23-19-39-34(40-33(23)32(29)38)47-21-36-16-4-18-41(36)25(15-17-36)20-46-35(43)48-26-11-9-24(10-12-26)42(44)45/h1,3,5-14,19,25H,4,15-18,20-21H2/t25-,36-/m0/s1. The number of hydrogen-bond acceptors (Lipinski definition) is 9. The zero-order chi connectivity index (χ0) is 33.4. The molecule has 1 aromatic heterocycles. The summed E-state index contributed by atoms with van der Waals surface area (Å²) >= 11 is 0. The lowest BCUT2D eigenvalue weighted by atomic mass is 9.93. The van der Waals surface area contributed by atoms with E-state index in [9.17, 15) is 19.3 Å². The van der Waals surface area contributed by atoms with Crippen LogP contribution in [0.25, 0.3) is 32.8 Å². The zero-order valence-corrected chi connectivity index (χ0v) is 25.5. The minimum Gasteiger partial charge on any atom is -0.461 e. The highest BCUT2D eigenvalue weighted by atomic mass is 19.1. The van der Waals surface area contributed by atoms with Gasteiger partial charge in [-0.3, -0.25) is 15.0 Å². The van der Waals surface area contributed by atoms with Crippen molar-refractivity contribution in [2.75, 3.05) is 19.8 Å². The fourth-order valence-electron chi connectivity index (χ4n) is 6.96. The van der Waals surface area contributed by atoms with Crippen LogP contribution >= 0.6 is 0 Å². The van der Waals surface area contributed by atoms with Crippen LogP contribution in [0.3, 0.4) is 0 Å². The number of aromatic nitrogens is 2. The molecule has 242 valence electrons. The highest BCUT2D eigenvalue weighted by Crippen LogP contribution is 2.43. The molecule has 0 N–H and O–H groups in total. The molecule has 0 unspecified atom stereocenters. The summed E-state index contributed by atoms with van der Waals surface area (Å²) in [6.07, 6.45) is 9.59. The van der Waals surface area contributed by atoms with Gasteiger partial charge in [0.25, 0.3) is 5.69 Å². The fraction of sp³-hybridized carbons (Fsp3) is 0.250. The number of carbonyl (C=O) groups excluding carboxylic acids is 1. The Morgan fingerprint density at radius 1 is 1.06 bits per heavy atom. The van der Waals surface area contributed by atoms with Crippen molar-refractivity contribution in [1.82, 2.24) is 14.9 Å². The van der Waals surface area contributed by atoms with Crippen molar-refractivity contribution in [1.29, 1.82) is 0 Å². The summed E-state index contributed by atoms with van der Waals surface area (Å²) in [5.41, 5.74) is 0.377. The number of nitrogens with zero attached hydrogens (tertiary/aromatic N) is 4. The smallest absolute Gasteiger partial charge is 0.461 e. The minimum atomic E-state index is -0.896. The summed E-state index contributed by atoms with van der Waals surface area (Å²) in [5, 5.41) is 12.5. The van der Waals surface area contributed by atoms with Crippen LogP contribution in [0.4, 0.5) is 19.3 Å². The molecule has 0 aliphatic carbocycles. The fourth-order valence-corrected chi connectivity index (χ4v) is 6.96. The van der Waals surface area contributed by atoms with Crippen LogP contribution in [0.5, 0.6) is 11.8 Å². The van der Waals surface area contributed by atoms with Crippen molar-refractivity contribution >= 4 is 33.5 Å². The molecule has 2 fully saturated rings. The summed E-state index contributed by atoms with van der Waals surface area (Å²) in [7, 11) is 0. The molecule has 12 heteroatoms. The lowest BCUT2D eigenvalue weighted by Crippen LogP contribution is -2.48. The van der Waals surface area contributed by atoms with E-state index in [-0.39, 0.29) is 58.9 Å². The molecule has 2 saturated heterocycles. The van der Waals surface area contributed by atoms with Crippen molar-refractivity contribution < 1.29 is 32.7 Å². The third-order valence-electron chi connectivity index (χ3n) is 9.24. The summed E-state index contributed by atoms with van der Waals surface area (Å²) in [5.74, 6) is 1.40. The second-order valence-electron chi connectivity index (χ2n) is 11.9. The van der Waals surface area contributed by atoms with Crippen molar-refractivity contribution in [3.05, 3.63) is 100 Å². The number of fused-ring (bicyclic) bond motifs is 3. The molecule has 0 bridgehead atoms. The summed E-state index contributed by atoms with van der Waals surface area (Å²) in [6.45, 7) is 1.15. The first-order valence-electron chi connectivity index (χ1n) is 15.4. The molecule has 5 aromatic rings. The molecule has 2 aliphatic rings. The lowest BCUT2D eigenvalue weighted by molar-refractivity contribution is -0.384. The van der Waals surface area contributed by atoms with E-state index in [0.29, 0.717) is 21.7 Å². The van der Waals surface area contributed by atoms with E-state index >= 15 is 4.39 Å². The second-order valence-corrected chi connectivity index (χ2v) is 11.9. The average molecular weight is 651 g/mol. The maximum Gasteiger partial charge on any atom is 0.513 e. The lowest BCUT2D eigenvalue weighted by Gasteiger charge is -2.34. The molecule has 2 atom stereocenters. The second kappa shape index (κ2) is 12.5. The monoisotopic (exact) mass is 650 g/mol. The maximum absolute atomic E-state index is 16.2. The van der Waals surface area contributed by atoms with Gasteiger partial charge in [-0.2, -0.15) is 4.98 Å². The number of non-ortho nitro benzene ring substituents is 1.